The molecule has 2 heterocycles. The number of nitrogens with zero attached hydrogens (tertiary/aromatic N) is 3. The van der Waals surface area contributed by atoms with Gasteiger partial charge in [-0.1, -0.05) is 0 Å². The van der Waals surface area contributed by atoms with Crippen LogP contribution in [0.4, 0.5) is 5.82 Å². The van der Waals surface area contributed by atoms with Crippen molar-refractivity contribution in [2.24, 2.45) is 20.0 Å². The van der Waals surface area contributed by atoms with Crippen LogP contribution in [0.5, 0.6) is 17.2 Å². The number of ether oxygens (including phenoxy) is 3. The molecule has 0 radical (unpaired) electrons. The van der Waals surface area contributed by atoms with Crippen LogP contribution in [0.3, 0.4) is 0 Å². The predicted molar refractivity (Wildman–Crippen MR) is 120 cm³/mol. The van der Waals surface area contributed by atoms with Gasteiger partial charge < -0.3 is 24.4 Å². The number of piperidine rings is 1. The number of nitrogens with one attached hydrogen (secondary N) is 1. The number of hydrogen-bond acceptors (Lipinski definition) is 7. The molecule has 10 heteroatoms. The van der Waals surface area contributed by atoms with Crippen molar-refractivity contribution in [3.8, 4) is 17.2 Å². The zero-order chi connectivity index (χ0) is 23.4. The van der Waals surface area contributed by atoms with Crippen molar-refractivity contribution in [1.82, 2.24) is 14.5 Å². The van der Waals surface area contributed by atoms with Gasteiger partial charge in [-0.25, -0.2) is 4.79 Å². The van der Waals surface area contributed by atoms with Gasteiger partial charge in [0.1, 0.15) is 5.82 Å². The lowest BCUT2D eigenvalue weighted by Gasteiger charge is -2.34. The summed E-state index contributed by atoms with van der Waals surface area (Å²) in [6.07, 6.45) is 1.52. The van der Waals surface area contributed by atoms with Crippen LogP contribution in [-0.4, -0.2) is 49.5 Å². The van der Waals surface area contributed by atoms with Crippen LogP contribution in [0.1, 0.15) is 18.4 Å². The number of benzene rings is 1. The summed E-state index contributed by atoms with van der Waals surface area (Å²) in [5.41, 5.74) is 0.0630. The van der Waals surface area contributed by atoms with Crippen LogP contribution in [0.2, 0.25) is 0 Å². The molecule has 0 bridgehead atoms. The minimum Gasteiger partial charge on any atom is -0.493 e. The molecule has 1 N–H and O–H groups in total. The Labute approximate surface area is 186 Å². The average molecular weight is 447 g/mol. The summed E-state index contributed by atoms with van der Waals surface area (Å²) >= 11 is 0. The monoisotopic (exact) mass is 446 g/mol. The van der Waals surface area contributed by atoms with Crippen LogP contribution in [0, 0.1) is 5.92 Å². The molecule has 32 heavy (non-hydrogen) atoms. The van der Waals surface area contributed by atoms with Crippen molar-refractivity contribution in [3.63, 3.8) is 0 Å². The van der Waals surface area contributed by atoms with E-state index in [1.807, 2.05) is 4.90 Å². The third kappa shape index (κ3) is 4.58. The quantitative estimate of drug-likeness (QED) is 0.666. The Bertz CT molecular complexity index is 1080. The van der Waals surface area contributed by atoms with Gasteiger partial charge in [-0.05, 0) is 30.5 Å². The van der Waals surface area contributed by atoms with E-state index in [2.05, 4.69) is 5.32 Å². The first-order valence-corrected chi connectivity index (χ1v) is 10.4. The molecule has 1 aliphatic rings. The zero-order valence-corrected chi connectivity index (χ0v) is 19.1. The van der Waals surface area contributed by atoms with Crippen molar-refractivity contribution in [2.45, 2.75) is 19.4 Å². The van der Waals surface area contributed by atoms with E-state index in [9.17, 15) is 14.4 Å². The minimum atomic E-state index is -0.388. The molecule has 1 amide bonds. The average Bonchev–Trinajstić information content (AvgIpc) is 2.82. The summed E-state index contributed by atoms with van der Waals surface area (Å²) in [4.78, 5) is 39.2. The molecule has 2 aromatic rings. The first-order valence-electron chi connectivity index (χ1n) is 10.4. The van der Waals surface area contributed by atoms with Gasteiger partial charge in [0.15, 0.2) is 11.5 Å². The van der Waals surface area contributed by atoms with E-state index in [0.29, 0.717) is 42.7 Å². The first-order chi connectivity index (χ1) is 15.3. The van der Waals surface area contributed by atoms with Gasteiger partial charge >= 0.3 is 5.69 Å². The Balaban J connectivity index is 1.72. The first kappa shape index (κ1) is 23.2. The third-order valence-electron chi connectivity index (χ3n) is 5.81. The molecule has 1 atom stereocenters. The zero-order valence-electron chi connectivity index (χ0n) is 19.1. The number of hydrogen-bond donors (Lipinski definition) is 1. The number of anilines is 1. The molecule has 0 unspecified atom stereocenters. The largest absolute Gasteiger partial charge is 0.493 e. The van der Waals surface area contributed by atoms with Gasteiger partial charge in [-0.15, -0.1) is 0 Å². The number of rotatable bonds is 7. The van der Waals surface area contributed by atoms with E-state index in [1.54, 1.807) is 33.4 Å². The number of methoxy groups -OCH3 is 3. The second kappa shape index (κ2) is 9.80. The molecule has 174 valence electrons. The Kier molecular flexibility index (Phi) is 7.12. The molecule has 0 saturated carbocycles. The number of amides is 1. The summed E-state index contributed by atoms with van der Waals surface area (Å²) in [6.45, 7) is 1.41. The smallest absolute Gasteiger partial charge is 0.332 e. The van der Waals surface area contributed by atoms with Crippen LogP contribution >= 0.6 is 0 Å². The Morgan fingerprint density at radius 1 is 1.03 bits per heavy atom. The number of aromatic nitrogens is 2. The van der Waals surface area contributed by atoms with E-state index in [-0.39, 0.29) is 23.1 Å². The highest BCUT2D eigenvalue weighted by atomic mass is 16.5. The standard InChI is InChI=1S/C22H30N4O6/c1-24-18(11-19(27)25(2)22(24)29)26-8-6-7-15(13-26)21(28)23-12-14-9-16(30-3)20(32-5)17(10-14)31-4/h9-11,15H,6-8,12-13H2,1-5H3,(H,23,28)/t15-/m0/s1. The molecular formula is C22H30N4O6. The van der Waals surface area contributed by atoms with Crippen LogP contribution in [-0.2, 0) is 25.4 Å². The van der Waals surface area contributed by atoms with Gasteiger partial charge in [-0.2, -0.15) is 0 Å². The van der Waals surface area contributed by atoms with Crippen molar-refractivity contribution in [3.05, 3.63) is 44.6 Å². The van der Waals surface area contributed by atoms with Crippen LogP contribution in [0.25, 0.3) is 0 Å². The van der Waals surface area contributed by atoms with E-state index in [0.717, 1.165) is 23.0 Å². The van der Waals surface area contributed by atoms with Gasteiger partial charge in [0.25, 0.3) is 5.56 Å². The Hall–Kier alpha value is -3.43. The van der Waals surface area contributed by atoms with E-state index < -0.39 is 0 Å². The number of carbonyl (C=O) groups excluding carboxylic acids is 1. The lowest BCUT2D eigenvalue weighted by atomic mass is 9.97. The van der Waals surface area contributed by atoms with Gasteiger partial charge in [0, 0.05) is 39.8 Å². The Morgan fingerprint density at radius 2 is 1.69 bits per heavy atom. The van der Waals surface area contributed by atoms with Crippen molar-refractivity contribution in [2.75, 3.05) is 39.3 Å². The summed E-state index contributed by atoms with van der Waals surface area (Å²) in [5.74, 6) is 1.72. The summed E-state index contributed by atoms with van der Waals surface area (Å²) < 4.78 is 18.6. The maximum absolute atomic E-state index is 12.9. The highest BCUT2D eigenvalue weighted by Crippen LogP contribution is 2.38. The van der Waals surface area contributed by atoms with E-state index in [1.165, 1.54) is 24.8 Å². The molecule has 1 aromatic heterocycles. The lowest BCUT2D eigenvalue weighted by molar-refractivity contribution is -0.125. The lowest BCUT2D eigenvalue weighted by Crippen LogP contribution is -2.46. The van der Waals surface area contributed by atoms with Gasteiger partial charge in [0.2, 0.25) is 11.7 Å². The van der Waals surface area contributed by atoms with E-state index >= 15 is 0 Å². The maximum atomic E-state index is 12.9. The maximum Gasteiger partial charge on any atom is 0.332 e. The highest BCUT2D eigenvalue weighted by Gasteiger charge is 2.27. The summed E-state index contributed by atoms with van der Waals surface area (Å²) in [5, 5.41) is 2.98. The second-order valence-corrected chi connectivity index (χ2v) is 7.78. The molecule has 0 aliphatic carbocycles. The number of carbonyl (C=O) groups is 1. The fraction of sp³-hybridized carbons (Fsp3) is 0.500. The van der Waals surface area contributed by atoms with Gasteiger partial charge in [-0.3, -0.25) is 18.7 Å². The summed E-state index contributed by atoms with van der Waals surface area (Å²) in [6, 6.07) is 5.03. The molecule has 3 rings (SSSR count). The second-order valence-electron chi connectivity index (χ2n) is 7.78. The summed E-state index contributed by atoms with van der Waals surface area (Å²) in [7, 11) is 7.70. The topological polar surface area (TPSA) is 104 Å². The fourth-order valence-corrected chi connectivity index (χ4v) is 3.99. The fourth-order valence-electron chi connectivity index (χ4n) is 3.99. The SMILES string of the molecule is COc1cc(CNC(=O)[C@H]2CCCN(c3cc(=O)n(C)c(=O)n3C)C2)cc(OC)c1OC. The molecule has 1 aliphatic heterocycles. The van der Waals surface area contributed by atoms with Crippen LogP contribution in [0.15, 0.2) is 27.8 Å². The molecule has 0 spiro atoms. The molecule has 1 aromatic carbocycles. The molecule has 10 nitrogen and oxygen atoms in total. The normalized spacial score (nSPS) is 15.9. The van der Waals surface area contributed by atoms with Crippen molar-refractivity contribution >= 4 is 11.7 Å². The predicted octanol–water partition coefficient (Wildman–Crippen LogP) is 0.643. The highest BCUT2D eigenvalue weighted by molar-refractivity contribution is 5.79. The van der Waals surface area contributed by atoms with Crippen molar-refractivity contribution < 1.29 is 19.0 Å². The molecular weight excluding hydrogens is 416 g/mol. The van der Waals surface area contributed by atoms with E-state index in [4.69, 9.17) is 14.2 Å². The van der Waals surface area contributed by atoms with Crippen molar-refractivity contribution in [1.29, 1.82) is 0 Å². The van der Waals surface area contributed by atoms with Gasteiger partial charge in [0.05, 0.1) is 27.2 Å². The third-order valence-corrected chi connectivity index (χ3v) is 5.81. The Morgan fingerprint density at radius 3 is 2.28 bits per heavy atom. The minimum absolute atomic E-state index is 0.0858. The molecule has 1 saturated heterocycles. The van der Waals surface area contributed by atoms with Crippen LogP contribution < -0.4 is 35.7 Å². The molecule has 1 fully saturated rings.